The third-order valence-corrected chi connectivity index (χ3v) is 6.80. The van der Waals surface area contributed by atoms with Gasteiger partial charge in [-0.3, -0.25) is 14.2 Å². The van der Waals surface area contributed by atoms with Gasteiger partial charge >= 0.3 is 0 Å². The van der Waals surface area contributed by atoms with Crippen LogP contribution >= 0.6 is 11.3 Å². The molecule has 0 spiro atoms. The summed E-state index contributed by atoms with van der Waals surface area (Å²) in [6, 6.07) is 15.2. The highest BCUT2D eigenvalue weighted by molar-refractivity contribution is 7.13. The van der Waals surface area contributed by atoms with Gasteiger partial charge < -0.3 is 10.0 Å². The highest BCUT2D eigenvalue weighted by Crippen LogP contribution is 2.28. The minimum Gasteiger partial charge on any atom is -0.388 e. The number of thiophene rings is 1. The van der Waals surface area contributed by atoms with Crippen LogP contribution in [-0.2, 0) is 6.54 Å². The molecule has 0 radical (unpaired) electrons. The normalized spacial score (nSPS) is 16.0. The first-order chi connectivity index (χ1) is 15.0. The molecule has 5 rings (SSSR count). The van der Waals surface area contributed by atoms with Gasteiger partial charge in [-0.05, 0) is 54.1 Å². The van der Waals surface area contributed by atoms with Gasteiger partial charge in [-0.2, -0.15) is 5.10 Å². The van der Waals surface area contributed by atoms with Crippen molar-refractivity contribution in [3.05, 3.63) is 82.4 Å². The Labute approximate surface area is 182 Å². The Morgan fingerprint density at radius 3 is 2.74 bits per heavy atom. The fourth-order valence-corrected chi connectivity index (χ4v) is 4.83. The van der Waals surface area contributed by atoms with Gasteiger partial charge in [-0.1, -0.05) is 18.2 Å². The van der Waals surface area contributed by atoms with E-state index in [0.29, 0.717) is 37.0 Å². The first-order valence-electron chi connectivity index (χ1n) is 10.2. The summed E-state index contributed by atoms with van der Waals surface area (Å²) in [6.45, 7) is 1.04. The predicted octanol–water partition coefficient (Wildman–Crippen LogP) is 2.89. The maximum Gasteiger partial charge on any atom is 0.277 e. The molecule has 1 amide bonds. The number of carbonyl (C=O) groups excluding carboxylic acids is 1. The van der Waals surface area contributed by atoms with Crippen molar-refractivity contribution in [1.82, 2.24) is 19.1 Å². The van der Waals surface area contributed by atoms with E-state index in [4.69, 9.17) is 0 Å². The van der Waals surface area contributed by atoms with Crippen molar-refractivity contribution in [2.75, 3.05) is 13.1 Å². The Kier molecular flexibility index (Phi) is 4.95. The SMILES string of the molecule is O=C(c1cccc(-c2cccs2)c1)N1CCC(O)(Cn2cnn3cccc3c2=O)CC1. The number of hydrogen-bond acceptors (Lipinski definition) is 5. The van der Waals surface area contributed by atoms with Crippen LogP contribution in [0.4, 0.5) is 0 Å². The van der Waals surface area contributed by atoms with E-state index in [1.807, 2.05) is 41.8 Å². The fraction of sp³-hybridized carbons (Fsp3) is 0.261. The molecule has 1 fully saturated rings. The third-order valence-electron chi connectivity index (χ3n) is 5.88. The Morgan fingerprint density at radius 1 is 1.13 bits per heavy atom. The lowest BCUT2D eigenvalue weighted by Crippen LogP contribution is -2.49. The molecule has 1 N–H and O–H groups in total. The molecule has 158 valence electrons. The molecular formula is C23H22N4O3S. The maximum atomic E-state index is 13.0. The Bertz CT molecular complexity index is 1280. The zero-order valence-electron chi connectivity index (χ0n) is 16.8. The van der Waals surface area contributed by atoms with E-state index in [2.05, 4.69) is 5.10 Å². The molecule has 4 aromatic rings. The summed E-state index contributed by atoms with van der Waals surface area (Å²) in [6.07, 6.45) is 3.98. The number of amides is 1. The van der Waals surface area contributed by atoms with Crippen molar-refractivity contribution in [3.8, 4) is 10.4 Å². The largest absolute Gasteiger partial charge is 0.388 e. The minimum atomic E-state index is -1.05. The average Bonchev–Trinajstić information content (AvgIpc) is 3.48. The zero-order chi connectivity index (χ0) is 21.4. The second kappa shape index (κ2) is 7.79. The van der Waals surface area contributed by atoms with Crippen LogP contribution in [0.25, 0.3) is 16.0 Å². The molecule has 0 bridgehead atoms. The van der Waals surface area contributed by atoms with Crippen LogP contribution in [0.1, 0.15) is 23.2 Å². The smallest absolute Gasteiger partial charge is 0.277 e. The molecule has 1 aliphatic heterocycles. The van der Waals surface area contributed by atoms with Crippen LogP contribution in [0.15, 0.2) is 71.2 Å². The van der Waals surface area contributed by atoms with Crippen molar-refractivity contribution in [2.45, 2.75) is 25.0 Å². The number of aliphatic hydroxyl groups is 1. The van der Waals surface area contributed by atoms with E-state index in [1.165, 1.54) is 15.4 Å². The first-order valence-corrected chi connectivity index (χ1v) is 11.1. The molecule has 0 atom stereocenters. The molecule has 1 aliphatic rings. The van der Waals surface area contributed by atoms with E-state index in [0.717, 1.165) is 10.4 Å². The number of nitrogens with zero attached hydrogens (tertiary/aromatic N) is 4. The van der Waals surface area contributed by atoms with E-state index >= 15 is 0 Å². The second-order valence-corrected chi connectivity index (χ2v) is 8.92. The number of piperidine rings is 1. The summed E-state index contributed by atoms with van der Waals surface area (Å²) in [5.74, 6) is -0.0334. The van der Waals surface area contributed by atoms with Crippen LogP contribution < -0.4 is 5.56 Å². The Balaban J connectivity index is 1.28. The minimum absolute atomic E-state index is 0.0334. The van der Waals surface area contributed by atoms with Crippen molar-refractivity contribution in [2.24, 2.45) is 0 Å². The summed E-state index contributed by atoms with van der Waals surface area (Å²) in [5, 5.41) is 17.3. The molecular weight excluding hydrogens is 412 g/mol. The molecule has 8 heteroatoms. The van der Waals surface area contributed by atoms with E-state index < -0.39 is 5.60 Å². The van der Waals surface area contributed by atoms with Gasteiger partial charge in [-0.25, -0.2) is 4.52 Å². The standard InChI is InChI=1S/C23H22N4O3S/c28-21(18-5-1-4-17(14-18)20-7-3-13-31-20)25-11-8-23(30,9-12-25)15-26-16-24-27-10-2-6-19(27)22(26)29/h1-7,10,13-14,16,30H,8-9,11-12,15H2. The van der Waals surface area contributed by atoms with Gasteiger partial charge in [-0.15, -0.1) is 11.3 Å². The van der Waals surface area contributed by atoms with Crippen LogP contribution in [0.5, 0.6) is 0 Å². The summed E-state index contributed by atoms with van der Waals surface area (Å²) < 4.78 is 2.98. The number of rotatable bonds is 4. The van der Waals surface area contributed by atoms with Crippen molar-refractivity contribution < 1.29 is 9.90 Å². The zero-order valence-corrected chi connectivity index (χ0v) is 17.7. The summed E-state index contributed by atoms with van der Waals surface area (Å²) in [5.41, 5.74) is 0.922. The number of hydrogen-bond donors (Lipinski definition) is 1. The van der Waals surface area contributed by atoms with Gasteiger partial charge in [0.1, 0.15) is 11.8 Å². The quantitative estimate of drug-likeness (QED) is 0.536. The van der Waals surface area contributed by atoms with Gasteiger partial charge in [0.15, 0.2) is 0 Å². The molecule has 1 saturated heterocycles. The monoisotopic (exact) mass is 434 g/mol. The van der Waals surface area contributed by atoms with Gasteiger partial charge in [0.05, 0.1) is 12.1 Å². The lowest BCUT2D eigenvalue weighted by atomic mass is 9.91. The summed E-state index contributed by atoms with van der Waals surface area (Å²) >= 11 is 1.64. The van der Waals surface area contributed by atoms with Crippen LogP contribution in [0.2, 0.25) is 0 Å². The lowest BCUT2D eigenvalue weighted by Gasteiger charge is -2.38. The first kappa shape index (κ1) is 19.7. The third kappa shape index (κ3) is 3.80. The average molecular weight is 435 g/mol. The molecule has 3 aromatic heterocycles. The highest BCUT2D eigenvalue weighted by atomic mass is 32.1. The number of likely N-dealkylation sites (tertiary alicyclic amines) is 1. The van der Waals surface area contributed by atoms with E-state index in [1.54, 1.807) is 34.6 Å². The topological polar surface area (TPSA) is 79.8 Å². The fourth-order valence-electron chi connectivity index (χ4n) is 4.10. The molecule has 0 saturated carbocycles. The highest BCUT2D eigenvalue weighted by Gasteiger charge is 2.35. The number of fused-ring (bicyclic) bond motifs is 1. The summed E-state index contributed by atoms with van der Waals surface area (Å²) in [7, 11) is 0. The number of carbonyl (C=O) groups is 1. The molecule has 0 unspecified atom stereocenters. The molecule has 0 aliphatic carbocycles. The molecule has 4 heterocycles. The predicted molar refractivity (Wildman–Crippen MR) is 119 cm³/mol. The Hall–Kier alpha value is -3.23. The summed E-state index contributed by atoms with van der Waals surface area (Å²) in [4.78, 5) is 28.6. The second-order valence-electron chi connectivity index (χ2n) is 7.98. The van der Waals surface area contributed by atoms with Gasteiger partial charge in [0.25, 0.3) is 11.5 Å². The van der Waals surface area contributed by atoms with Crippen LogP contribution in [0, 0.1) is 0 Å². The molecule has 31 heavy (non-hydrogen) atoms. The maximum absolute atomic E-state index is 13.0. The van der Waals surface area contributed by atoms with Crippen LogP contribution in [0.3, 0.4) is 0 Å². The van der Waals surface area contributed by atoms with Crippen molar-refractivity contribution in [1.29, 1.82) is 0 Å². The van der Waals surface area contributed by atoms with Gasteiger partial charge in [0, 0.05) is 29.7 Å². The lowest BCUT2D eigenvalue weighted by molar-refractivity contribution is -0.0300. The van der Waals surface area contributed by atoms with Gasteiger partial charge in [0.2, 0.25) is 0 Å². The van der Waals surface area contributed by atoms with Crippen molar-refractivity contribution in [3.63, 3.8) is 0 Å². The molecule has 1 aromatic carbocycles. The molecule has 7 nitrogen and oxygen atoms in total. The van der Waals surface area contributed by atoms with Crippen molar-refractivity contribution >= 4 is 22.8 Å². The Morgan fingerprint density at radius 2 is 1.97 bits per heavy atom. The number of aromatic nitrogens is 3. The van der Waals surface area contributed by atoms with Crippen LogP contribution in [-0.4, -0.2) is 48.8 Å². The van der Waals surface area contributed by atoms with E-state index in [9.17, 15) is 14.7 Å². The number of benzene rings is 1. The van der Waals surface area contributed by atoms with E-state index in [-0.39, 0.29) is 18.0 Å².